The summed E-state index contributed by atoms with van der Waals surface area (Å²) >= 11 is 0. The van der Waals surface area contributed by atoms with Crippen LogP contribution < -0.4 is 0 Å². The summed E-state index contributed by atoms with van der Waals surface area (Å²) in [5.74, 6) is 0.663. The number of hydrogen-bond donors (Lipinski definition) is 0. The standard InChI is InChI=1S/C16H26O2Si/c1-16(2,3)17-15(18-19(4,5)6)13-12-14-10-8-7-9-11-14/h7-11,13H,12H2,1-6H3. The van der Waals surface area contributed by atoms with Gasteiger partial charge in [0.25, 0.3) is 5.95 Å². The quantitative estimate of drug-likeness (QED) is 0.572. The fraction of sp³-hybridized carbons (Fsp3) is 0.500. The highest BCUT2D eigenvalue weighted by molar-refractivity contribution is 6.69. The van der Waals surface area contributed by atoms with Crippen LogP contribution in [0.5, 0.6) is 0 Å². The molecule has 1 aromatic rings. The summed E-state index contributed by atoms with van der Waals surface area (Å²) in [5, 5.41) is 0. The maximum absolute atomic E-state index is 6.01. The summed E-state index contributed by atoms with van der Waals surface area (Å²) < 4.78 is 11.9. The summed E-state index contributed by atoms with van der Waals surface area (Å²) in [6, 6.07) is 10.3. The van der Waals surface area contributed by atoms with Crippen LogP contribution in [0.2, 0.25) is 19.6 Å². The lowest BCUT2D eigenvalue weighted by molar-refractivity contribution is -0.00890. The summed E-state index contributed by atoms with van der Waals surface area (Å²) in [6.07, 6.45) is 2.87. The van der Waals surface area contributed by atoms with Crippen LogP contribution in [0.3, 0.4) is 0 Å². The summed E-state index contributed by atoms with van der Waals surface area (Å²) in [6.45, 7) is 12.6. The fourth-order valence-electron chi connectivity index (χ4n) is 1.52. The molecule has 0 bridgehead atoms. The molecular weight excluding hydrogens is 252 g/mol. The molecule has 19 heavy (non-hydrogen) atoms. The molecule has 0 atom stereocenters. The third-order valence-corrected chi connectivity index (χ3v) is 2.97. The Morgan fingerprint density at radius 3 is 2.16 bits per heavy atom. The van der Waals surface area contributed by atoms with Crippen LogP contribution in [-0.4, -0.2) is 13.9 Å². The third kappa shape index (κ3) is 7.72. The Bertz CT molecular complexity index is 393. The topological polar surface area (TPSA) is 18.5 Å². The van der Waals surface area contributed by atoms with E-state index in [1.165, 1.54) is 5.56 Å². The highest BCUT2D eigenvalue weighted by atomic mass is 28.4. The SMILES string of the molecule is CC(C)(C)OC(=CCc1ccccc1)O[Si](C)(C)C. The fourth-order valence-corrected chi connectivity index (χ4v) is 2.25. The van der Waals surface area contributed by atoms with E-state index in [0.29, 0.717) is 5.95 Å². The van der Waals surface area contributed by atoms with Crippen molar-refractivity contribution in [2.45, 2.75) is 52.4 Å². The van der Waals surface area contributed by atoms with Gasteiger partial charge in [-0.05, 0) is 58.5 Å². The lowest BCUT2D eigenvalue weighted by Gasteiger charge is -2.28. The largest absolute Gasteiger partial charge is 0.520 e. The maximum atomic E-state index is 6.01. The molecule has 0 spiro atoms. The molecule has 0 saturated carbocycles. The zero-order chi connectivity index (χ0) is 14.5. The molecule has 0 aliphatic rings. The lowest BCUT2D eigenvalue weighted by atomic mass is 10.1. The van der Waals surface area contributed by atoms with Gasteiger partial charge in [0.05, 0.1) is 0 Å². The van der Waals surface area contributed by atoms with E-state index < -0.39 is 8.32 Å². The Hall–Kier alpha value is -1.22. The first-order chi connectivity index (χ1) is 8.66. The first kappa shape index (κ1) is 15.8. The molecule has 2 nitrogen and oxygen atoms in total. The molecule has 1 aromatic carbocycles. The van der Waals surface area contributed by atoms with E-state index in [2.05, 4.69) is 31.8 Å². The molecule has 106 valence electrons. The first-order valence-corrected chi connectivity index (χ1v) is 10.2. The van der Waals surface area contributed by atoms with Gasteiger partial charge < -0.3 is 9.16 Å². The highest BCUT2D eigenvalue weighted by Crippen LogP contribution is 2.19. The minimum atomic E-state index is -1.65. The average Bonchev–Trinajstić information content (AvgIpc) is 2.23. The monoisotopic (exact) mass is 278 g/mol. The van der Waals surface area contributed by atoms with E-state index in [-0.39, 0.29) is 5.60 Å². The van der Waals surface area contributed by atoms with Crippen molar-refractivity contribution in [1.29, 1.82) is 0 Å². The van der Waals surface area contributed by atoms with Crippen LogP contribution in [-0.2, 0) is 15.6 Å². The molecule has 0 unspecified atom stereocenters. The lowest BCUT2D eigenvalue weighted by Crippen LogP contribution is -2.29. The zero-order valence-electron chi connectivity index (χ0n) is 13.0. The predicted molar refractivity (Wildman–Crippen MR) is 83.5 cm³/mol. The van der Waals surface area contributed by atoms with Crippen molar-refractivity contribution in [1.82, 2.24) is 0 Å². The minimum absolute atomic E-state index is 0.234. The molecule has 0 saturated heterocycles. The number of hydrogen-bond acceptors (Lipinski definition) is 2. The van der Waals surface area contributed by atoms with E-state index in [0.717, 1.165) is 6.42 Å². The van der Waals surface area contributed by atoms with Gasteiger partial charge >= 0.3 is 0 Å². The van der Waals surface area contributed by atoms with Crippen molar-refractivity contribution < 1.29 is 9.16 Å². The van der Waals surface area contributed by atoms with Gasteiger partial charge in [-0.25, -0.2) is 0 Å². The second-order valence-corrected chi connectivity index (χ2v) is 11.1. The van der Waals surface area contributed by atoms with Gasteiger partial charge in [-0.2, -0.15) is 0 Å². The first-order valence-electron chi connectivity index (χ1n) is 6.78. The zero-order valence-corrected chi connectivity index (χ0v) is 14.0. The highest BCUT2D eigenvalue weighted by Gasteiger charge is 2.22. The molecular formula is C16H26O2Si. The van der Waals surface area contributed by atoms with Crippen molar-refractivity contribution in [3.63, 3.8) is 0 Å². The summed E-state index contributed by atoms with van der Waals surface area (Å²) in [7, 11) is -1.65. The second-order valence-electron chi connectivity index (χ2n) is 6.64. The van der Waals surface area contributed by atoms with Crippen molar-refractivity contribution in [3.05, 3.63) is 47.9 Å². The van der Waals surface area contributed by atoms with Gasteiger partial charge in [0, 0.05) is 0 Å². The average molecular weight is 278 g/mol. The summed E-state index contributed by atoms with van der Waals surface area (Å²) in [5.41, 5.74) is 1.03. The third-order valence-electron chi connectivity index (χ3n) is 2.16. The molecule has 3 heteroatoms. The van der Waals surface area contributed by atoms with Crippen LogP contribution in [0, 0.1) is 0 Å². The van der Waals surface area contributed by atoms with Crippen LogP contribution in [0.25, 0.3) is 0 Å². The molecule has 0 heterocycles. The van der Waals surface area contributed by atoms with Crippen LogP contribution in [0.1, 0.15) is 26.3 Å². The van der Waals surface area contributed by atoms with Crippen LogP contribution in [0.4, 0.5) is 0 Å². The van der Waals surface area contributed by atoms with E-state index in [1.807, 2.05) is 45.0 Å². The second kappa shape index (κ2) is 6.28. The normalized spacial score (nSPS) is 13.3. The van der Waals surface area contributed by atoms with E-state index in [9.17, 15) is 0 Å². The predicted octanol–water partition coefficient (Wildman–Crippen LogP) is 4.74. The van der Waals surface area contributed by atoms with E-state index in [1.54, 1.807) is 0 Å². The maximum Gasteiger partial charge on any atom is 0.261 e. The Labute approximate surface area is 118 Å². The molecule has 0 aliphatic heterocycles. The van der Waals surface area contributed by atoms with Gasteiger partial charge in [-0.1, -0.05) is 30.3 Å². The van der Waals surface area contributed by atoms with Gasteiger partial charge in [0.1, 0.15) is 5.60 Å². The Balaban J connectivity index is 2.78. The number of allylic oxidation sites excluding steroid dienone is 1. The molecule has 0 aliphatic carbocycles. The van der Waals surface area contributed by atoms with Crippen molar-refractivity contribution in [2.75, 3.05) is 0 Å². The molecule has 0 amide bonds. The molecule has 0 radical (unpaired) electrons. The smallest absolute Gasteiger partial charge is 0.261 e. The van der Waals surface area contributed by atoms with E-state index >= 15 is 0 Å². The van der Waals surface area contributed by atoms with Crippen LogP contribution >= 0.6 is 0 Å². The number of benzene rings is 1. The molecule has 0 aromatic heterocycles. The van der Waals surface area contributed by atoms with Gasteiger partial charge in [0.15, 0.2) is 0 Å². The van der Waals surface area contributed by atoms with Gasteiger partial charge in [-0.3, -0.25) is 0 Å². The Morgan fingerprint density at radius 1 is 1.11 bits per heavy atom. The van der Waals surface area contributed by atoms with Gasteiger partial charge in [0.2, 0.25) is 8.32 Å². The Morgan fingerprint density at radius 2 is 1.68 bits per heavy atom. The van der Waals surface area contributed by atoms with Crippen molar-refractivity contribution in [3.8, 4) is 0 Å². The number of ether oxygens (including phenoxy) is 1. The van der Waals surface area contributed by atoms with Crippen LogP contribution in [0.15, 0.2) is 42.4 Å². The minimum Gasteiger partial charge on any atom is -0.520 e. The Kier molecular flexibility index (Phi) is 5.24. The molecule has 1 rings (SSSR count). The summed E-state index contributed by atoms with van der Waals surface area (Å²) in [4.78, 5) is 0. The molecule has 0 N–H and O–H groups in total. The van der Waals surface area contributed by atoms with E-state index in [4.69, 9.17) is 9.16 Å². The molecule has 0 fully saturated rings. The van der Waals surface area contributed by atoms with Gasteiger partial charge in [-0.15, -0.1) is 0 Å². The number of rotatable bonds is 5. The van der Waals surface area contributed by atoms with Crippen molar-refractivity contribution in [2.24, 2.45) is 0 Å². The van der Waals surface area contributed by atoms with Crippen molar-refractivity contribution >= 4 is 8.32 Å².